The lowest BCUT2D eigenvalue weighted by atomic mass is 10.1. The third-order valence-electron chi connectivity index (χ3n) is 5.08. The van der Waals surface area contributed by atoms with E-state index in [0.717, 1.165) is 49.9 Å². The first kappa shape index (κ1) is 16.8. The molecule has 4 rings (SSSR count). The Morgan fingerprint density at radius 3 is 2.35 bits per heavy atom. The van der Waals surface area contributed by atoms with Crippen LogP contribution in [0.2, 0.25) is 0 Å². The molecule has 0 radical (unpaired) electrons. The fraction of sp³-hybridized carbons (Fsp3) is 0.450. The van der Waals surface area contributed by atoms with Gasteiger partial charge in [0.25, 0.3) is 5.78 Å². The van der Waals surface area contributed by atoms with Gasteiger partial charge in [-0.3, -0.25) is 0 Å². The summed E-state index contributed by atoms with van der Waals surface area (Å²) in [5.74, 6) is 2.65. The van der Waals surface area contributed by atoms with Gasteiger partial charge < -0.3 is 9.80 Å². The van der Waals surface area contributed by atoms with Crippen LogP contribution in [-0.2, 0) is 6.42 Å². The van der Waals surface area contributed by atoms with E-state index in [9.17, 15) is 0 Å². The summed E-state index contributed by atoms with van der Waals surface area (Å²) in [6.07, 6.45) is 0.822. The molecular weight excluding hydrogens is 324 g/mol. The van der Waals surface area contributed by atoms with E-state index in [0.29, 0.717) is 5.78 Å². The first-order valence-corrected chi connectivity index (χ1v) is 9.35. The van der Waals surface area contributed by atoms with Crippen LogP contribution >= 0.6 is 0 Å². The minimum Gasteiger partial charge on any atom is -0.368 e. The molecule has 1 fully saturated rings. The third kappa shape index (κ3) is 3.00. The van der Waals surface area contributed by atoms with Gasteiger partial charge in [-0.15, -0.1) is 5.10 Å². The van der Waals surface area contributed by atoms with Crippen LogP contribution in [0.3, 0.4) is 0 Å². The van der Waals surface area contributed by atoms with Crippen LogP contribution in [0, 0.1) is 20.8 Å². The van der Waals surface area contributed by atoms with E-state index in [-0.39, 0.29) is 0 Å². The SMILES string of the molecule is CCc1nc2nc(C)cc(N3CCN(c4ccc(C)cc4C)CC3)n2n1. The summed E-state index contributed by atoms with van der Waals surface area (Å²) < 4.78 is 1.90. The molecule has 0 aliphatic carbocycles. The van der Waals surface area contributed by atoms with E-state index >= 15 is 0 Å². The predicted octanol–water partition coefficient (Wildman–Crippen LogP) is 2.94. The third-order valence-corrected chi connectivity index (χ3v) is 5.08. The summed E-state index contributed by atoms with van der Waals surface area (Å²) >= 11 is 0. The lowest BCUT2D eigenvalue weighted by Gasteiger charge is -2.37. The zero-order valence-corrected chi connectivity index (χ0v) is 16.0. The molecule has 136 valence electrons. The molecule has 1 aliphatic heterocycles. The molecule has 0 amide bonds. The van der Waals surface area contributed by atoms with Gasteiger partial charge >= 0.3 is 0 Å². The van der Waals surface area contributed by atoms with Crippen LogP contribution in [0.5, 0.6) is 0 Å². The highest BCUT2D eigenvalue weighted by Crippen LogP contribution is 2.24. The quantitative estimate of drug-likeness (QED) is 0.727. The predicted molar refractivity (Wildman–Crippen MR) is 105 cm³/mol. The summed E-state index contributed by atoms with van der Waals surface area (Å²) in [6.45, 7) is 12.4. The summed E-state index contributed by atoms with van der Waals surface area (Å²) in [5, 5.41) is 4.64. The molecule has 0 atom stereocenters. The van der Waals surface area contributed by atoms with Crippen molar-refractivity contribution in [2.75, 3.05) is 36.0 Å². The zero-order chi connectivity index (χ0) is 18.3. The van der Waals surface area contributed by atoms with Crippen LogP contribution < -0.4 is 9.80 Å². The van der Waals surface area contributed by atoms with Crippen molar-refractivity contribution < 1.29 is 0 Å². The molecule has 1 saturated heterocycles. The number of anilines is 2. The lowest BCUT2D eigenvalue weighted by Crippen LogP contribution is -2.47. The van der Waals surface area contributed by atoms with Gasteiger partial charge in [-0.05, 0) is 32.4 Å². The second kappa shape index (κ2) is 6.59. The Balaban J connectivity index is 1.58. The van der Waals surface area contributed by atoms with Crippen LogP contribution in [0.4, 0.5) is 11.5 Å². The fourth-order valence-corrected chi connectivity index (χ4v) is 3.72. The van der Waals surface area contributed by atoms with E-state index < -0.39 is 0 Å². The molecule has 0 saturated carbocycles. The molecule has 3 aromatic rings. The van der Waals surface area contributed by atoms with Gasteiger partial charge in [0.05, 0.1) is 0 Å². The molecule has 1 aliphatic rings. The van der Waals surface area contributed by atoms with Crippen molar-refractivity contribution in [1.82, 2.24) is 19.6 Å². The minimum atomic E-state index is 0.702. The van der Waals surface area contributed by atoms with Crippen LogP contribution in [-0.4, -0.2) is 45.8 Å². The Morgan fingerprint density at radius 2 is 1.65 bits per heavy atom. The second-order valence-corrected chi connectivity index (χ2v) is 7.11. The first-order valence-electron chi connectivity index (χ1n) is 9.35. The number of hydrogen-bond acceptors (Lipinski definition) is 5. The smallest absolute Gasteiger partial charge is 0.254 e. The van der Waals surface area contributed by atoms with Crippen molar-refractivity contribution in [2.45, 2.75) is 34.1 Å². The van der Waals surface area contributed by atoms with E-state index in [1.54, 1.807) is 0 Å². The van der Waals surface area contributed by atoms with Crippen LogP contribution in [0.25, 0.3) is 5.78 Å². The van der Waals surface area contributed by atoms with Crippen molar-refractivity contribution in [3.8, 4) is 0 Å². The first-order chi connectivity index (χ1) is 12.5. The van der Waals surface area contributed by atoms with Gasteiger partial charge in [-0.25, -0.2) is 4.98 Å². The molecule has 6 nitrogen and oxygen atoms in total. The van der Waals surface area contributed by atoms with Gasteiger partial charge in [0.15, 0.2) is 5.82 Å². The molecule has 0 N–H and O–H groups in total. The maximum atomic E-state index is 4.64. The zero-order valence-electron chi connectivity index (χ0n) is 16.0. The summed E-state index contributed by atoms with van der Waals surface area (Å²) in [7, 11) is 0. The van der Waals surface area contributed by atoms with Crippen molar-refractivity contribution >= 4 is 17.3 Å². The van der Waals surface area contributed by atoms with Crippen molar-refractivity contribution in [1.29, 1.82) is 0 Å². The average Bonchev–Trinajstić information content (AvgIpc) is 3.04. The Kier molecular flexibility index (Phi) is 4.26. The number of hydrogen-bond donors (Lipinski definition) is 0. The topological polar surface area (TPSA) is 49.6 Å². The van der Waals surface area contributed by atoms with E-state index in [4.69, 9.17) is 0 Å². The highest BCUT2D eigenvalue weighted by molar-refractivity contribution is 5.56. The minimum absolute atomic E-state index is 0.702. The second-order valence-electron chi connectivity index (χ2n) is 7.11. The molecule has 3 heterocycles. The number of piperazine rings is 1. The Labute approximate surface area is 154 Å². The molecule has 0 spiro atoms. The fourth-order valence-electron chi connectivity index (χ4n) is 3.72. The van der Waals surface area contributed by atoms with Crippen LogP contribution in [0.1, 0.15) is 29.6 Å². The van der Waals surface area contributed by atoms with Gasteiger partial charge in [0, 0.05) is 50.0 Å². The Hall–Kier alpha value is -2.63. The maximum absolute atomic E-state index is 4.64. The number of fused-ring (bicyclic) bond motifs is 1. The normalized spacial score (nSPS) is 15.1. The summed E-state index contributed by atoms with van der Waals surface area (Å²) in [5.41, 5.74) is 5.00. The molecular formula is C20H26N6. The monoisotopic (exact) mass is 350 g/mol. The largest absolute Gasteiger partial charge is 0.368 e. The van der Waals surface area contributed by atoms with Crippen molar-refractivity contribution in [3.05, 3.63) is 46.9 Å². The summed E-state index contributed by atoms with van der Waals surface area (Å²) in [6, 6.07) is 8.83. The van der Waals surface area contributed by atoms with Gasteiger partial charge in [0.2, 0.25) is 0 Å². The van der Waals surface area contributed by atoms with Gasteiger partial charge in [-0.2, -0.15) is 9.50 Å². The molecule has 0 bridgehead atoms. The van der Waals surface area contributed by atoms with Gasteiger partial charge in [-0.1, -0.05) is 24.6 Å². The number of aromatic nitrogens is 4. The Bertz CT molecular complexity index is 937. The molecule has 1 aromatic carbocycles. The van der Waals surface area contributed by atoms with Gasteiger partial charge in [0.1, 0.15) is 5.82 Å². The maximum Gasteiger partial charge on any atom is 0.254 e. The average molecular weight is 350 g/mol. The van der Waals surface area contributed by atoms with E-state index in [1.807, 2.05) is 11.4 Å². The highest BCUT2D eigenvalue weighted by atomic mass is 15.4. The summed E-state index contributed by atoms with van der Waals surface area (Å²) in [4.78, 5) is 13.9. The molecule has 2 aromatic heterocycles. The van der Waals surface area contributed by atoms with Crippen molar-refractivity contribution in [2.24, 2.45) is 0 Å². The van der Waals surface area contributed by atoms with Crippen molar-refractivity contribution in [3.63, 3.8) is 0 Å². The number of benzene rings is 1. The lowest BCUT2D eigenvalue weighted by molar-refractivity contribution is 0.636. The number of rotatable bonds is 3. The van der Waals surface area contributed by atoms with E-state index in [2.05, 4.69) is 69.9 Å². The van der Waals surface area contributed by atoms with Crippen LogP contribution in [0.15, 0.2) is 24.3 Å². The standard InChI is InChI=1S/C20H26N6/c1-5-18-22-20-21-16(4)13-19(26(20)23-18)25-10-8-24(9-11-25)17-7-6-14(2)12-15(17)3/h6-7,12-13H,5,8-11H2,1-4H3. The number of nitrogens with zero attached hydrogens (tertiary/aromatic N) is 6. The molecule has 26 heavy (non-hydrogen) atoms. The highest BCUT2D eigenvalue weighted by Gasteiger charge is 2.22. The Morgan fingerprint density at radius 1 is 0.923 bits per heavy atom. The number of aryl methyl sites for hydroxylation is 4. The van der Waals surface area contributed by atoms with E-state index in [1.165, 1.54) is 16.8 Å². The molecule has 6 heteroatoms. The molecule has 0 unspecified atom stereocenters.